The first-order chi connectivity index (χ1) is 23.8. The highest BCUT2D eigenvalue weighted by Crippen LogP contribution is 2.43. The molecule has 10 heteroatoms. The van der Waals surface area contributed by atoms with Gasteiger partial charge < -0.3 is 20.1 Å². The smallest absolute Gasteiger partial charge is 0.462 e. The second kappa shape index (κ2) is 36.3. The van der Waals surface area contributed by atoms with E-state index in [9.17, 15) is 19.0 Å². The molecule has 0 saturated heterocycles. The van der Waals surface area contributed by atoms with E-state index in [1.165, 1.54) is 89.9 Å². The fraction of sp³-hybridized carbons (Fsp3) is 0.846. The van der Waals surface area contributed by atoms with Crippen LogP contribution in [0.3, 0.4) is 0 Å². The summed E-state index contributed by atoms with van der Waals surface area (Å²) >= 11 is 0. The average molecular weight is 716 g/mol. The summed E-state index contributed by atoms with van der Waals surface area (Å²) in [5, 5.41) is 0. The highest BCUT2D eigenvalue weighted by Gasteiger charge is 2.25. The molecule has 0 bridgehead atoms. The molecule has 9 nitrogen and oxygen atoms in total. The van der Waals surface area contributed by atoms with Crippen LogP contribution in [0.15, 0.2) is 24.3 Å². The molecule has 3 N–H and O–H groups in total. The molecule has 0 amide bonds. The van der Waals surface area contributed by atoms with Gasteiger partial charge in [-0.2, -0.15) is 0 Å². The first kappa shape index (κ1) is 47.5. The van der Waals surface area contributed by atoms with E-state index in [0.29, 0.717) is 6.42 Å². The number of phosphoric acid groups is 1. The third-order valence-electron chi connectivity index (χ3n) is 8.37. The third kappa shape index (κ3) is 36.1. The molecule has 0 radical (unpaired) electrons. The minimum absolute atomic E-state index is 0.0520. The van der Waals surface area contributed by atoms with Gasteiger partial charge in [0.1, 0.15) is 6.61 Å². The molecule has 0 aliphatic carbocycles. The van der Waals surface area contributed by atoms with Crippen molar-refractivity contribution in [3.63, 3.8) is 0 Å². The number of rotatable bonds is 37. The number of ether oxygens (including phenoxy) is 2. The molecule has 49 heavy (non-hydrogen) atoms. The van der Waals surface area contributed by atoms with Crippen molar-refractivity contribution < 1.29 is 37.6 Å². The number of hydrogen-bond donors (Lipinski definition) is 2. The van der Waals surface area contributed by atoms with Gasteiger partial charge in [-0.05, 0) is 38.5 Å². The van der Waals surface area contributed by atoms with Gasteiger partial charge in [0.15, 0.2) is 6.10 Å². The van der Waals surface area contributed by atoms with E-state index in [1.54, 1.807) is 0 Å². The summed E-state index contributed by atoms with van der Waals surface area (Å²) in [4.78, 5) is 34.7. The second-order valence-corrected chi connectivity index (χ2v) is 14.6. The molecule has 0 aromatic heterocycles. The van der Waals surface area contributed by atoms with Gasteiger partial charge >= 0.3 is 19.8 Å². The van der Waals surface area contributed by atoms with Crippen LogP contribution in [0, 0.1) is 0 Å². The molecule has 0 aliphatic heterocycles. The number of nitrogens with two attached hydrogens (primary N) is 1. The number of hydrogen-bond acceptors (Lipinski definition) is 8. The van der Waals surface area contributed by atoms with Crippen LogP contribution in [0.5, 0.6) is 0 Å². The minimum atomic E-state index is -4.37. The predicted octanol–water partition coefficient (Wildman–Crippen LogP) is 10.8. The van der Waals surface area contributed by atoms with Gasteiger partial charge in [0, 0.05) is 19.4 Å². The van der Waals surface area contributed by atoms with Crippen molar-refractivity contribution in [1.29, 1.82) is 0 Å². The first-order valence-corrected chi connectivity index (χ1v) is 21.3. The van der Waals surface area contributed by atoms with Crippen LogP contribution < -0.4 is 5.73 Å². The quantitative estimate of drug-likeness (QED) is 0.0279. The molecule has 0 rings (SSSR count). The Labute approximate surface area is 300 Å². The average Bonchev–Trinajstić information content (AvgIpc) is 3.08. The van der Waals surface area contributed by atoms with Crippen LogP contribution in [0.1, 0.15) is 181 Å². The van der Waals surface area contributed by atoms with Crippen molar-refractivity contribution in [2.45, 2.75) is 187 Å². The Hall–Kier alpha value is -1.51. The van der Waals surface area contributed by atoms with E-state index in [0.717, 1.165) is 57.8 Å². The number of carbonyl (C=O) groups is 2. The summed E-state index contributed by atoms with van der Waals surface area (Å²) in [5.74, 6) is -0.842. The molecule has 0 fully saturated rings. The monoisotopic (exact) mass is 716 g/mol. The fourth-order valence-corrected chi connectivity index (χ4v) is 6.15. The van der Waals surface area contributed by atoms with E-state index in [2.05, 4.69) is 38.2 Å². The molecule has 0 saturated carbocycles. The Kier molecular flexibility index (Phi) is 35.2. The summed E-state index contributed by atoms with van der Waals surface area (Å²) in [6.45, 7) is 3.69. The zero-order valence-corrected chi connectivity index (χ0v) is 32.3. The molecule has 0 heterocycles. The first-order valence-electron chi connectivity index (χ1n) is 19.8. The lowest BCUT2D eigenvalue weighted by atomic mass is 10.0. The van der Waals surface area contributed by atoms with Gasteiger partial charge in [0.25, 0.3) is 0 Å². The Morgan fingerprint density at radius 1 is 0.612 bits per heavy atom. The van der Waals surface area contributed by atoms with Crippen LogP contribution in [0.4, 0.5) is 0 Å². The normalized spacial score (nSPS) is 13.6. The molecule has 288 valence electrons. The van der Waals surface area contributed by atoms with Crippen molar-refractivity contribution in [3.8, 4) is 0 Å². The molecule has 2 atom stereocenters. The van der Waals surface area contributed by atoms with Crippen molar-refractivity contribution in [2.24, 2.45) is 5.73 Å². The molecule has 1 unspecified atom stereocenters. The van der Waals surface area contributed by atoms with Crippen LogP contribution in [-0.4, -0.2) is 49.3 Å². The summed E-state index contributed by atoms with van der Waals surface area (Å²) in [5.41, 5.74) is 5.33. The summed E-state index contributed by atoms with van der Waals surface area (Å²) < 4.78 is 32.7. The SMILES string of the molecule is CCCCCC/C=C/C=C/CCCCCCCC(=O)O[C@H](COC(=O)CCCCCCCCCCCCCCC)COP(=O)(O)OCCN. The highest BCUT2D eigenvalue weighted by atomic mass is 31.2. The summed E-state index contributed by atoms with van der Waals surface area (Å²) in [7, 11) is -4.37. The zero-order valence-electron chi connectivity index (χ0n) is 31.4. The Morgan fingerprint density at radius 3 is 1.53 bits per heavy atom. The zero-order chi connectivity index (χ0) is 36.1. The van der Waals surface area contributed by atoms with Gasteiger partial charge in [-0.3, -0.25) is 18.6 Å². The lowest BCUT2D eigenvalue weighted by Gasteiger charge is -2.19. The fourth-order valence-electron chi connectivity index (χ4n) is 5.39. The number of phosphoric ester groups is 1. The van der Waals surface area contributed by atoms with E-state index < -0.39 is 26.5 Å². The van der Waals surface area contributed by atoms with Crippen molar-refractivity contribution >= 4 is 19.8 Å². The van der Waals surface area contributed by atoms with E-state index in [1.807, 2.05) is 0 Å². The van der Waals surface area contributed by atoms with E-state index in [4.69, 9.17) is 24.3 Å². The van der Waals surface area contributed by atoms with Gasteiger partial charge in [-0.15, -0.1) is 0 Å². The molecule has 0 aliphatic rings. The van der Waals surface area contributed by atoms with Crippen molar-refractivity contribution in [2.75, 3.05) is 26.4 Å². The lowest BCUT2D eigenvalue weighted by molar-refractivity contribution is -0.161. The van der Waals surface area contributed by atoms with Gasteiger partial charge in [0.2, 0.25) is 0 Å². The topological polar surface area (TPSA) is 134 Å². The largest absolute Gasteiger partial charge is 0.472 e. The maximum absolute atomic E-state index is 12.5. The van der Waals surface area contributed by atoms with Crippen molar-refractivity contribution in [3.05, 3.63) is 24.3 Å². The molecular weight excluding hydrogens is 641 g/mol. The molecule has 0 aromatic rings. The van der Waals surface area contributed by atoms with Gasteiger partial charge in [-0.25, -0.2) is 4.57 Å². The molecular formula is C39H74NO8P. The van der Waals surface area contributed by atoms with E-state index in [-0.39, 0.29) is 38.6 Å². The Morgan fingerprint density at radius 2 is 1.04 bits per heavy atom. The number of allylic oxidation sites excluding steroid dienone is 4. The standard InChI is InChI=1S/C39H74NO8P/c1-3-5-7-9-11-13-15-17-18-20-22-24-26-28-30-32-39(42)48-37(36-47-49(43,44)46-34-33-40)35-45-38(41)31-29-27-25-23-21-19-16-14-12-10-8-6-4-2/h13,15,17-18,37H,3-12,14,16,19-36,40H2,1-2H3,(H,43,44)/b15-13+,18-17+/t37-/m1/s1. The van der Waals surface area contributed by atoms with Crippen LogP contribution >= 0.6 is 7.82 Å². The maximum Gasteiger partial charge on any atom is 0.472 e. The number of esters is 2. The number of carbonyl (C=O) groups excluding carboxylic acids is 2. The second-order valence-electron chi connectivity index (χ2n) is 13.2. The minimum Gasteiger partial charge on any atom is -0.462 e. The maximum atomic E-state index is 12.5. The van der Waals surface area contributed by atoms with Gasteiger partial charge in [-0.1, -0.05) is 154 Å². The summed E-state index contributed by atoms with van der Waals surface area (Å²) in [6, 6.07) is 0. The van der Waals surface area contributed by atoms with Crippen LogP contribution in [0.2, 0.25) is 0 Å². The number of unbranched alkanes of at least 4 members (excludes halogenated alkanes) is 21. The van der Waals surface area contributed by atoms with E-state index >= 15 is 0 Å². The molecule has 0 aromatic carbocycles. The third-order valence-corrected chi connectivity index (χ3v) is 9.35. The highest BCUT2D eigenvalue weighted by molar-refractivity contribution is 7.47. The van der Waals surface area contributed by atoms with Crippen LogP contribution in [0.25, 0.3) is 0 Å². The Balaban J connectivity index is 4.23. The predicted molar refractivity (Wildman–Crippen MR) is 201 cm³/mol. The van der Waals surface area contributed by atoms with Crippen LogP contribution in [-0.2, 0) is 32.7 Å². The Bertz CT molecular complexity index is 866. The van der Waals surface area contributed by atoms with Crippen molar-refractivity contribution in [1.82, 2.24) is 0 Å². The molecule has 0 spiro atoms. The van der Waals surface area contributed by atoms with Gasteiger partial charge in [0.05, 0.1) is 13.2 Å². The summed E-state index contributed by atoms with van der Waals surface area (Å²) in [6.07, 6.45) is 36.3. The lowest BCUT2D eigenvalue weighted by Crippen LogP contribution is -2.29.